The van der Waals surface area contributed by atoms with Crippen LogP contribution in [0.4, 0.5) is 11.4 Å². The molecule has 0 saturated carbocycles. The maximum atomic E-state index is 12.8. The molecule has 0 unspecified atom stereocenters. The van der Waals surface area contributed by atoms with Gasteiger partial charge in [0.1, 0.15) is 0 Å². The lowest BCUT2D eigenvalue weighted by molar-refractivity contribution is -0.115. The van der Waals surface area contributed by atoms with Crippen molar-refractivity contribution in [3.63, 3.8) is 0 Å². The number of halogens is 2. The minimum atomic E-state index is -0.0616. The fourth-order valence-electron chi connectivity index (χ4n) is 3.92. The Morgan fingerprint density at radius 2 is 1.80 bits per heavy atom. The Hall–Kier alpha value is -2.50. The van der Waals surface area contributed by atoms with Crippen molar-refractivity contribution in [2.45, 2.75) is 33.1 Å². The van der Waals surface area contributed by atoms with Gasteiger partial charge in [0.25, 0.3) is 0 Å². The van der Waals surface area contributed by atoms with E-state index in [1.165, 1.54) is 12.8 Å². The smallest absolute Gasteiger partial charge is 0.228 e. The van der Waals surface area contributed by atoms with Crippen molar-refractivity contribution in [1.29, 1.82) is 0 Å². The van der Waals surface area contributed by atoms with Crippen molar-refractivity contribution >= 4 is 40.5 Å². The molecule has 2 heterocycles. The van der Waals surface area contributed by atoms with E-state index in [1.807, 2.05) is 38.1 Å². The van der Waals surface area contributed by atoms with Gasteiger partial charge in [-0.3, -0.25) is 4.79 Å². The summed E-state index contributed by atoms with van der Waals surface area (Å²) in [6, 6.07) is 13.4. The molecule has 1 aliphatic heterocycles. The Morgan fingerprint density at radius 1 is 1.03 bits per heavy atom. The highest BCUT2D eigenvalue weighted by atomic mass is 35.5. The summed E-state index contributed by atoms with van der Waals surface area (Å²) in [4.78, 5) is 15.1. The van der Waals surface area contributed by atoms with E-state index in [9.17, 15) is 4.79 Å². The van der Waals surface area contributed by atoms with Crippen molar-refractivity contribution < 1.29 is 4.79 Å². The van der Waals surface area contributed by atoms with Gasteiger partial charge >= 0.3 is 0 Å². The van der Waals surface area contributed by atoms with E-state index in [0.29, 0.717) is 10.0 Å². The zero-order valence-corrected chi connectivity index (χ0v) is 18.6. The van der Waals surface area contributed by atoms with Crippen LogP contribution in [0, 0.1) is 13.8 Å². The lowest BCUT2D eigenvalue weighted by Gasteiger charge is -2.18. The lowest BCUT2D eigenvalue weighted by atomic mass is 10.1. The van der Waals surface area contributed by atoms with Crippen LogP contribution in [0.3, 0.4) is 0 Å². The monoisotopic (exact) mass is 442 g/mol. The number of carbonyl (C=O) groups excluding carboxylic acids is 1. The fraction of sp³-hybridized carbons (Fsp3) is 0.304. The molecule has 1 amide bonds. The summed E-state index contributed by atoms with van der Waals surface area (Å²) in [5.74, 6) is -0.0616. The van der Waals surface area contributed by atoms with E-state index >= 15 is 0 Å². The van der Waals surface area contributed by atoms with Gasteiger partial charge in [-0.2, -0.15) is 5.10 Å². The standard InChI is InChI=1S/C23H24Cl2N4O/c1-15-20(16(2)29(27-15)19-8-9-21(24)22(25)13-19)14-23(30)26-17-6-5-7-18(12-17)28-10-3-4-11-28/h5-9,12-13H,3-4,10-11,14H2,1-2H3,(H,26,30). The normalized spacial score (nSPS) is 13.7. The lowest BCUT2D eigenvalue weighted by Crippen LogP contribution is -2.19. The van der Waals surface area contributed by atoms with Crippen LogP contribution in [0.1, 0.15) is 29.8 Å². The third kappa shape index (κ3) is 4.32. The zero-order valence-electron chi connectivity index (χ0n) is 17.1. The molecule has 1 saturated heterocycles. The molecule has 0 spiro atoms. The first-order chi connectivity index (χ1) is 14.4. The van der Waals surface area contributed by atoms with E-state index in [-0.39, 0.29) is 12.3 Å². The molecular weight excluding hydrogens is 419 g/mol. The summed E-state index contributed by atoms with van der Waals surface area (Å²) in [6.45, 7) is 6.02. The highest BCUT2D eigenvalue weighted by Crippen LogP contribution is 2.27. The van der Waals surface area contributed by atoms with Gasteiger partial charge in [0, 0.05) is 35.7 Å². The van der Waals surface area contributed by atoms with Crippen LogP contribution < -0.4 is 10.2 Å². The molecule has 5 nitrogen and oxygen atoms in total. The first-order valence-electron chi connectivity index (χ1n) is 10.1. The predicted octanol–water partition coefficient (Wildman–Crippen LogP) is 5.58. The Kier molecular flexibility index (Phi) is 6.02. The number of anilines is 2. The molecule has 1 N–H and O–H groups in total. The average Bonchev–Trinajstić information content (AvgIpc) is 3.35. The Morgan fingerprint density at radius 3 is 2.53 bits per heavy atom. The topological polar surface area (TPSA) is 50.2 Å². The van der Waals surface area contributed by atoms with Crippen molar-refractivity contribution in [1.82, 2.24) is 9.78 Å². The minimum Gasteiger partial charge on any atom is -0.371 e. The largest absolute Gasteiger partial charge is 0.371 e. The quantitative estimate of drug-likeness (QED) is 0.560. The van der Waals surface area contributed by atoms with Crippen molar-refractivity contribution in [2.75, 3.05) is 23.3 Å². The van der Waals surface area contributed by atoms with Crippen LogP contribution in [0.15, 0.2) is 42.5 Å². The van der Waals surface area contributed by atoms with Gasteiger partial charge < -0.3 is 10.2 Å². The molecule has 4 rings (SSSR count). The highest BCUT2D eigenvalue weighted by molar-refractivity contribution is 6.42. The van der Waals surface area contributed by atoms with Crippen LogP contribution in [0.2, 0.25) is 10.0 Å². The van der Waals surface area contributed by atoms with Crippen LogP contribution in [0.25, 0.3) is 5.69 Å². The van der Waals surface area contributed by atoms with Gasteiger partial charge in [0.15, 0.2) is 0 Å². The molecule has 3 aromatic rings. The summed E-state index contributed by atoms with van der Waals surface area (Å²) in [5.41, 5.74) is 5.43. The number of rotatable bonds is 5. The minimum absolute atomic E-state index is 0.0616. The van der Waals surface area contributed by atoms with E-state index in [4.69, 9.17) is 23.2 Å². The maximum Gasteiger partial charge on any atom is 0.228 e. The first-order valence-corrected chi connectivity index (χ1v) is 10.8. The van der Waals surface area contributed by atoms with Crippen molar-refractivity contribution in [3.05, 3.63) is 69.5 Å². The number of carbonyl (C=O) groups is 1. The summed E-state index contributed by atoms with van der Waals surface area (Å²) < 4.78 is 1.80. The molecule has 1 aliphatic rings. The molecule has 0 aliphatic carbocycles. The van der Waals surface area contributed by atoms with E-state index in [2.05, 4.69) is 21.4 Å². The Labute approximate surface area is 186 Å². The molecule has 30 heavy (non-hydrogen) atoms. The summed E-state index contributed by atoms with van der Waals surface area (Å²) in [5, 5.41) is 8.61. The summed E-state index contributed by atoms with van der Waals surface area (Å²) >= 11 is 12.2. The highest BCUT2D eigenvalue weighted by Gasteiger charge is 2.17. The van der Waals surface area contributed by atoms with Crippen LogP contribution in [0.5, 0.6) is 0 Å². The predicted molar refractivity (Wildman–Crippen MR) is 123 cm³/mol. The van der Waals surface area contributed by atoms with Gasteiger partial charge in [-0.1, -0.05) is 29.3 Å². The zero-order chi connectivity index (χ0) is 21.3. The number of benzene rings is 2. The van der Waals surface area contributed by atoms with E-state index in [1.54, 1.807) is 16.8 Å². The second-order valence-electron chi connectivity index (χ2n) is 7.63. The molecule has 0 atom stereocenters. The third-order valence-electron chi connectivity index (χ3n) is 5.53. The average molecular weight is 443 g/mol. The number of hydrogen-bond donors (Lipinski definition) is 1. The third-order valence-corrected chi connectivity index (χ3v) is 6.27. The van der Waals surface area contributed by atoms with Gasteiger partial charge in [-0.25, -0.2) is 4.68 Å². The number of nitrogens with zero attached hydrogens (tertiary/aromatic N) is 3. The molecule has 0 bridgehead atoms. The second kappa shape index (κ2) is 8.70. The second-order valence-corrected chi connectivity index (χ2v) is 8.44. The van der Waals surface area contributed by atoms with Gasteiger partial charge in [0.2, 0.25) is 5.91 Å². The molecule has 2 aromatic carbocycles. The molecular formula is C23H24Cl2N4O. The fourth-order valence-corrected chi connectivity index (χ4v) is 4.21. The van der Waals surface area contributed by atoms with Gasteiger partial charge in [-0.15, -0.1) is 0 Å². The number of aryl methyl sites for hydroxylation is 1. The number of nitrogens with one attached hydrogen (secondary N) is 1. The molecule has 1 aromatic heterocycles. The van der Waals surface area contributed by atoms with E-state index in [0.717, 1.165) is 47.1 Å². The van der Waals surface area contributed by atoms with Crippen LogP contribution in [-0.2, 0) is 11.2 Å². The Bertz CT molecular complexity index is 1090. The van der Waals surface area contributed by atoms with Crippen molar-refractivity contribution in [3.8, 4) is 5.69 Å². The first kappa shape index (κ1) is 20.8. The SMILES string of the molecule is Cc1nn(-c2ccc(Cl)c(Cl)c2)c(C)c1CC(=O)Nc1cccc(N2CCCC2)c1. The molecule has 0 radical (unpaired) electrons. The van der Waals surface area contributed by atoms with Crippen LogP contribution in [-0.4, -0.2) is 28.8 Å². The maximum absolute atomic E-state index is 12.8. The Balaban J connectivity index is 1.50. The molecule has 7 heteroatoms. The summed E-state index contributed by atoms with van der Waals surface area (Å²) in [7, 11) is 0. The van der Waals surface area contributed by atoms with Gasteiger partial charge in [0.05, 0.1) is 27.8 Å². The summed E-state index contributed by atoms with van der Waals surface area (Å²) in [6.07, 6.45) is 2.70. The number of amides is 1. The number of hydrogen-bond acceptors (Lipinski definition) is 3. The van der Waals surface area contributed by atoms with Crippen molar-refractivity contribution in [2.24, 2.45) is 0 Å². The number of aromatic nitrogens is 2. The molecule has 1 fully saturated rings. The van der Waals surface area contributed by atoms with E-state index < -0.39 is 0 Å². The van der Waals surface area contributed by atoms with Crippen LogP contribution >= 0.6 is 23.2 Å². The molecule has 156 valence electrons. The van der Waals surface area contributed by atoms with Gasteiger partial charge in [-0.05, 0) is 63.1 Å².